The lowest BCUT2D eigenvalue weighted by atomic mass is 9.78. The van der Waals surface area contributed by atoms with Crippen LogP contribution in [0, 0.1) is 0 Å². The second kappa shape index (κ2) is 5.48. The molecule has 0 bridgehead atoms. The van der Waals surface area contributed by atoms with Crippen LogP contribution in [0.5, 0.6) is 0 Å². The van der Waals surface area contributed by atoms with Gasteiger partial charge in [-0.2, -0.15) is 5.10 Å². The average molecular weight is 286 g/mol. The lowest BCUT2D eigenvalue weighted by molar-refractivity contribution is -0.126. The number of fused-ring (bicyclic) bond motifs is 1. The molecule has 1 aromatic heterocycles. The van der Waals surface area contributed by atoms with Crippen LogP contribution in [0.3, 0.4) is 0 Å². The van der Waals surface area contributed by atoms with Crippen molar-refractivity contribution in [2.45, 2.75) is 44.2 Å². The second-order valence-electron chi connectivity index (χ2n) is 5.87. The summed E-state index contributed by atoms with van der Waals surface area (Å²) in [6.07, 6.45) is 5.43. The predicted octanol–water partition coefficient (Wildman–Crippen LogP) is 1.98. The van der Waals surface area contributed by atoms with Gasteiger partial charge in [0.15, 0.2) is 0 Å². The highest BCUT2D eigenvalue weighted by Crippen LogP contribution is 2.36. The van der Waals surface area contributed by atoms with E-state index in [1.165, 1.54) is 0 Å². The monoisotopic (exact) mass is 286 g/mol. The second-order valence-corrected chi connectivity index (χ2v) is 5.87. The van der Waals surface area contributed by atoms with E-state index in [1.807, 2.05) is 25.3 Å². The number of hydrogen-bond donors (Lipinski definition) is 2. The van der Waals surface area contributed by atoms with Crippen LogP contribution < -0.4 is 11.1 Å². The largest absolute Gasteiger partial charge is 0.368 e. The fourth-order valence-corrected chi connectivity index (χ4v) is 3.55. The minimum absolute atomic E-state index is 0.213. The minimum Gasteiger partial charge on any atom is -0.368 e. The first-order chi connectivity index (χ1) is 10.2. The molecule has 1 heterocycles. The maximum absolute atomic E-state index is 12.0. The number of carbonyl (C=O) groups excluding carboxylic acids is 1. The van der Waals surface area contributed by atoms with Gasteiger partial charge in [-0.25, -0.2) is 0 Å². The maximum Gasteiger partial charge on any atom is 0.237 e. The Morgan fingerprint density at radius 3 is 3.10 bits per heavy atom. The summed E-state index contributed by atoms with van der Waals surface area (Å²) in [6, 6.07) is 8.39. The van der Waals surface area contributed by atoms with Crippen molar-refractivity contribution in [3.8, 4) is 0 Å². The molecule has 5 heteroatoms. The highest BCUT2D eigenvalue weighted by molar-refractivity contribution is 5.85. The topological polar surface area (TPSA) is 72.9 Å². The molecule has 3 rings (SSSR count). The lowest BCUT2D eigenvalue weighted by Crippen LogP contribution is -2.58. The van der Waals surface area contributed by atoms with E-state index in [1.54, 1.807) is 0 Å². The van der Waals surface area contributed by atoms with Crippen molar-refractivity contribution in [1.82, 2.24) is 15.1 Å². The van der Waals surface area contributed by atoms with Gasteiger partial charge in [-0.1, -0.05) is 25.1 Å². The van der Waals surface area contributed by atoms with Crippen LogP contribution in [0.4, 0.5) is 0 Å². The molecule has 1 fully saturated rings. The fraction of sp³-hybridized carbons (Fsp3) is 0.500. The Hall–Kier alpha value is -1.88. The third-order valence-electron chi connectivity index (χ3n) is 4.56. The first kappa shape index (κ1) is 14.1. The Labute approximate surface area is 124 Å². The molecule has 1 aliphatic carbocycles. The number of likely N-dealkylation sites (N-methyl/N-ethyl adjacent to an activating group) is 1. The molecule has 0 spiro atoms. The zero-order valence-corrected chi connectivity index (χ0v) is 12.4. The van der Waals surface area contributed by atoms with Gasteiger partial charge in [-0.05, 0) is 38.3 Å². The van der Waals surface area contributed by atoms with Crippen molar-refractivity contribution < 1.29 is 4.79 Å². The van der Waals surface area contributed by atoms with Gasteiger partial charge in [-0.3, -0.25) is 9.48 Å². The zero-order valence-electron chi connectivity index (χ0n) is 12.4. The first-order valence-corrected chi connectivity index (χ1v) is 7.63. The van der Waals surface area contributed by atoms with Crippen LogP contribution >= 0.6 is 0 Å². The summed E-state index contributed by atoms with van der Waals surface area (Å²) < 4.78 is 2.06. The Morgan fingerprint density at radius 1 is 1.52 bits per heavy atom. The molecule has 112 valence electrons. The number of nitrogens with one attached hydrogen (secondary N) is 1. The number of amides is 1. The minimum atomic E-state index is -0.593. The summed E-state index contributed by atoms with van der Waals surface area (Å²) in [4.78, 5) is 12.0. The van der Waals surface area contributed by atoms with Gasteiger partial charge in [-0.15, -0.1) is 0 Å². The molecule has 2 unspecified atom stereocenters. The quantitative estimate of drug-likeness (QED) is 0.902. The molecule has 1 aromatic carbocycles. The molecule has 1 saturated carbocycles. The van der Waals surface area contributed by atoms with Crippen LogP contribution in [0.25, 0.3) is 10.9 Å². The molecule has 0 aliphatic heterocycles. The van der Waals surface area contributed by atoms with E-state index in [2.05, 4.69) is 27.2 Å². The number of nitrogens with zero attached hydrogens (tertiary/aromatic N) is 2. The molecule has 21 heavy (non-hydrogen) atoms. The molecule has 0 radical (unpaired) electrons. The number of carbonyl (C=O) groups is 1. The van der Waals surface area contributed by atoms with Crippen molar-refractivity contribution in [1.29, 1.82) is 0 Å². The summed E-state index contributed by atoms with van der Waals surface area (Å²) in [5.74, 6) is -0.245. The van der Waals surface area contributed by atoms with Crippen molar-refractivity contribution in [3.63, 3.8) is 0 Å². The number of nitrogens with two attached hydrogens (primary N) is 1. The number of para-hydroxylation sites is 1. The maximum atomic E-state index is 12.0. The van der Waals surface area contributed by atoms with Crippen molar-refractivity contribution >= 4 is 16.8 Å². The molecule has 1 amide bonds. The van der Waals surface area contributed by atoms with Crippen molar-refractivity contribution in [3.05, 3.63) is 30.5 Å². The summed E-state index contributed by atoms with van der Waals surface area (Å²) in [5, 5.41) is 9.00. The predicted molar refractivity (Wildman–Crippen MR) is 82.8 cm³/mol. The Bertz CT molecular complexity index is 647. The van der Waals surface area contributed by atoms with Gasteiger partial charge in [0, 0.05) is 5.39 Å². The molecule has 1 aliphatic rings. The Balaban J connectivity index is 1.94. The lowest BCUT2D eigenvalue weighted by Gasteiger charge is -2.39. The van der Waals surface area contributed by atoms with E-state index in [0.717, 1.165) is 36.7 Å². The molecular weight excluding hydrogens is 264 g/mol. The summed E-state index contributed by atoms with van der Waals surface area (Å²) >= 11 is 0. The van der Waals surface area contributed by atoms with Crippen LogP contribution in [0.2, 0.25) is 0 Å². The highest BCUT2D eigenvalue weighted by Gasteiger charge is 2.41. The summed E-state index contributed by atoms with van der Waals surface area (Å²) in [5.41, 5.74) is 6.22. The van der Waals surface area contributed by atoms with Gasteiger partial charge < -0.3 is 11.1 Å². The number of rotatable bonds is 4. The number of hydrogen-bond acceptors (Lipinski definition) is 3. The van der Waals surface area contributed by atoms with E-state index in [9.17, 15) is 4.79 Å². The normalized spacial score (nSPS) is 26.0. The highest BCUT2D eigenvalue weighted by atomic mass is 16.1. The van der Waals surface area contributed by atoms with Gasteiger partial charge in [0.1, 0.15) is 0 Å². The van der Waals surface area contributed by atoms with E-state index >= 15 is 0 Å². The fourth-order valence-electron chi connectivity index (χ4n) is 3.55. The number of aromatic nitrogens is 2. The average Bonchev–Trinajstić information content (AvgIpc) is 2.91. The third-order valence-corrected chi connectivity index (χ3v) is 4.56. The van der Waals surface area contributed by atoms with Crippen LogP contribution in [0.1, 0.15) is 38.6 Å². The third kappa shape index (κ3) is 2.42. The molecular formula is C16H22N4O. The molecule has 5 nitrogen and oxygen atoms in total. The molecule has 2 aromatic rings. The SMILES string of the molecule is CCNC1(C(N)=O)CCCC(n2ncc3ccccc32)C1. The van der Waals surface area contributed by atoms with Gasteiger partial charge in [0.25, 0.3) is 0 Å². The molecule has 0 saturated heterocycles. The number of primary amides is 1. The van der Waals surface area contributed by atoms with Gasteiger partial charge >= 0.3 is 0 Å². The van der Waals surface area contributed by atoms with Gasteiger partial charge in [0.2, 0.25) is 5.91 Å². The van der Waals surface area contributed by atoms with E-state index in [0.29, 0.717) is 6.42 Å². The van der Waals surface area contributed by atoms with Crippen molar-refractivity contribution in [2.75, 3.05) is 6.54 Å². The number of benzene rings is 1. The van der Waals surface area contributed by atoms with Crippen molar-refractivity contribution in [2.24, 2.45) is 5.73 Å². The Morgan fingerprint density at radius 2 is 2.33 bits per heavy atom. The van der Waals surface area contributed by atoms with Crippen LogP contribution in [0.15, 0.2) is 30.5 Å². The Kier molecular flexibility index (Phi) is 3.68. The van der Waals surface area contributed by atoms with Crippen LogP contribution in [-0.2, 0) is 4.79 Å². The first-order valence-electron chi connectivity index (χ1n) is 7.63. The van der Waals surface area contributed by atoms with E-state index in [-0.39, 0.29) is 11.9 Å². The molecule has 2 atom stereocenters. The summed E-state index contributed by atoms with van der Waals surface area (Å²) in [6.45, 7) is 2.76. The smallest absolute Gasteiger partial charge is 0.237 e. The standard InChI is InChI=1S/C16H22N4O/c1-2-18-16(15(17)21)9-5-7-13(10-16)20-14-8-4-3-6-12(14)11-19-20/h3-4,6,8,11,13,18H,2,5,7,9-10H2,1H3,(H2,17,21). The zero-order chi connectivity index (χ0) is 14.9. The van der Waals surface area contributed by atoms with E-state index < -0.39 is 5.54 Å². The molecule has 3 N–H and O–H groups in total. The summed E-state index contributed by atoms with van der Waals surface area (Å²) in [7, 11) is 0. The van der Waals surface area contributed by atoms with Crippen LogP contribution in [-0.4, -0.2) is 27.8 Å². The van der Waals surface area contributed by atoms with Gasteiger partial charge in [0.05, 0.1) is 23.3 Å². The van der Waals surface area contributed by atoms with E-state index in [4.69, 9.17) is 5.73 Å².